The van der Waals surface area contributed by atoms with Crippen LogP contribution < -0.4 is 5.32 Å². The van der Waals surface area contributed by atoms with Gasteiger partial charge in [-0.3, -0.25) is 5.10 Å². The van der Waals surface area contributed by atoms with Gasteiger partial charge in [0.25, 0.3) is 0 Å². The fourth-order valence-electron chi connectivity index (χ4n) is 2.34. The van der Waals surface area contributed by atoms with Crippen molar-refractivity contribution in [1.82, 2.24) is 10.2 Å². The van der Waals surface area contributed by atoms with Gasteiger partial charge in [-0.05, 0) is 42.3 Å². The maximum Gasteiger partial charge on any atom is 0.123 e. The topological polar surface area (TPSA) is 40.7 Å². The van der Waals surface area contributed by atoms with E-state index in [-0.39, 0.29) is 11.9 Å². The number of anilines is 1. The fourth-order valence-corrected chi connectivity index (χ4v) is 2.34. The molecule has 102 valence electrons. The maximum atomic E-state index is 13.0. The maximum absolute atomic E-state index is 13.0. The van der Waals surface area contributed by atoms with E-state index in [9.17, 15) is 4.39 Å². The van der Waals surface area contributed by atoms with E-state index in [0.717, 1.165) is 28.6 Å². The SMILES string of the molecule is CCC(Nc1ccc2cn[nH]c2c1)c1ccc(F)cc1. The van der Waals surface area contributed by atoms with E-state index in [2.05, 4.69) is 22.4 Å². The number of nitrogens with one attached hydrogen (secondary N) is 2. The van der Waals surface area contributed by atoms with Gasteiger partial charge in [-0.15, -0.1) is 0 Å². The first kappa shape index (κ1) is 12.7. The number of H-pyrrole nitrogens is 1. The Balaban J connectivity index is 1.84. The zero-order valence-corrected chi connectivity index (χ0v) is 11.2. The third-order valence-corrected chi connectivity index (χ3v) is 3.46. The zero-order chi connectivity index (χ0) is 13.9. The molecule has 20 heavy (non-hydrogen) atoms. The molecule has 3 rings (SSSR count). The lowest BCUT2D eigenvalue weighted by molar-refractivity contribution is 0.625. The Bertz CT molecular complexity index is 703. The standard InChI is InChI=1S/C16H16FN3/c1-2-15(11-3-6-13(17)7-4-11)19-14-8-5-12-10-18-20-16(12)9-14/h3-10,15,19H,2H2,1H3,(H,18,20). The number of aromatic nitrogens is 2. The molecule has 0 spiro atoms. The van der Waals surface area contributed by atoms with Crippen LogP contribution >= 0.6 is 0 Å². The zero-order valence-electron chi connectivity index (χ0n) is 11.2. The quantitative estimate of drug-likeness (QED) is 0.742. The van der Waals surface area contributed by atoms with Gasteiger partial charge in [0.15, 0.2) is 0 Å². The van der Waals surface area contributed by atoms with Gasteiger partial charge in [-0.1, -0.05) is 19.1 Å². The van der Waals surface area contributed by atoms with Crippen molar-refractivity contribution in [3.8, 4) is 0 Å². The monoisotopic (exact) mass is 269 g/mol. The minimum atomic E-state index is -0.206. The fraction of sp³-hybridized carbons (Fsp3) is 0.188. The van der Waals surface area contributed by atoms with Crippen LogP contribution in [0.2, 0.25) is 0 Å². The molecule has 1 aromatic heterocycles. The van der Waals surface area contributed by atoms with Gasteiger partial charge in [0, 0.05) is 11.1 Å². The summed E-state index contributed by atoms with van der Waals surface area (Å²) >= 11 is 0. The van der Waals surface area contributed by atoms with Crippen molar-refractivity contribution in [2.24, 2.45) is 0 Å². The molecule has 0 aliphatic heterocycles. The summed E-state index contributed by atoms with van der Waals surface area (Å²) in [7, 11) is 0. The van der Waals surface area contributed by atoms with E-state index in [0.29, 0.717) is 0 Å². The average Bonchev–Trinajstić information content (AvgIpc) is 2.93. The molecular weight excluding hydrogens is 253 g/mol. The van der Waals surface area contributed by atoms with Crippen LogP contribution in [0.4, 0.5) is 10.1 Å². The van der Waals surface area contributed by atoms with Crippen molar-refractivity contribution < 1.29 is 4.39 Å². The Morgan fingerprint density at radius 3 is 2.75 bits per heavy atom. The minimum absolute atomic E-state index is 0.163. The molecule has 2 N–H and O–H groups in total. The molecule has 4 heteroatoms. The second-order valence-corrected chi connectivity index (χ2v) is 4.83. The number of aromatic amines is 1. The first-order chi connectivity index (χ1) is 9.76. The number of hydrogen-bond acceptors (Lipinski definition) is 2. The summed E-state index contributed by atoms with van der Waals surface area (Å²) in [5.41, 5.74) is 3.11. The van der Waals surface area contributed by atoms with Crippen LogP contribution in [0.3, 0.4) is 0 Å². The molecule has 0 bridgehead atoms. The predicted molar refractivity (Wildman–Crippen MR) is 79.1 cm³/mol. The minimum Gasteiger partial charge on any atom is -0.378 e. The molecule has 3 nitrogen and oxygen atoms in total. The summed E-state index contributed by atoms with van der Waals surface area (Å²) in [6.07, 6.45) is 2.73. The number of benzene rings is 2. The summed E-state index contributed by atoms with van der Waals surface area (Å²) < 4.78 is 13.0. The van der Waals surface area contributed by atoms with Crippen molar-refractivity contribution in [3.63, 3.8) is 0 Å². The second-order valence-electron chi connectivity index (χ2n) is 4.83. The van der Waals surface area contributed by atoms with Crippen molar-refractivity contribution in [1.29, 1.82) is 0 Å². The van der Waals surface area contributed by atoms with E-state index in [4.69, 9.17) is 0 Å². The Morgan fingerprint density at radius 2 is 2.00 bits per heavy atom. The molecule has 1 atom stereocenters. The molecule has 3 aromatic rings. The molecule has 2 aromatic carbocycles. The molecule has 0 saturated heterocycles. The largest absolute Gasteiger partial charge is 0.378 e. The summed E-state index contributed by atoms with van der Waals surface area (Å²) in [6.45, 7) is 2.11. The van der Waals surface area contributed by atoms with Crippen molar-refractivity contribution >= 4 is 16.6 Å². The van der Waals surface area contributed by atoms with Crippen molar-refractivity contribution in [3.05, 3.63) is 60.0 Å². The van der Waals surface area contributed by atoms with Crippen LogP contribution in [0.15, 0.2) is 48.7 Å². The number of halogens is 1. The van der Waals surface area contributed by atoms with Crippen molar-refractivity contribution in [2.45, 2.75) is 19.4 Å². The first-order valence-corrected chi connectivity index (χ1v) is 6.71. The number of fused-ring (bicyclic) bond motifs is 1. The van der Waals surface area contributed by atoms with Crippen LogP contribution in [0, 0.1) is 5.82 Å². The van der Waals surface area contributed by atoms with E-state index < -0.39 is 0 Å². The van der Waals surface area contributed by atoms with E-state index in [1.807, 2.05) is 30.3 Å². The molecule has 0 saturated carbocycles. The second kappa shape index (κ2) is 5.33. The highest BCUT2D eigenvalue weighted by Gasteiger charge is 2.09. The lowest BCUT2D eigenvalue weighted by Crippen LogP contribution is -2.09. The Kier molecular flexibility index (Phi) is 3.37. The lowest BCUT2D eigenvalue weighted by Gasteiger charge is -2.19. The van der Waals surface area contributed by atoms with E-state index in [1.165, 1.54) is 12.1 Å². The van der Waals surface area contributed by atoms with Gasteiger partial charge in [0.1, 0.15) is 5.82 Å². The van der Waals surface area contributed by atoms with Crippen molar-refractivity contribution in [2.75, 3.05) is 5.32 Å². The average molecular weight is 269 g/mol. The highest BCUT2D eigenvalue weighted by atomic mass is 19.1. The molecule has 0 amide bonds. The number of rotatable bonds is 4. The summed E-state index contributed by atoms with van der Waals surface area (Å²) in [6, 6.07) is 12.9. The van der Waals surface area contributed by atoms with Gasteiger partial charge in [-0.2, -0.15) is 5.10 Å². The number of hydrogen-bond donors (Lipinski definition) is 2. The van der Waals surface area contributed by atoms with Crippen LogP contribution in [0.5, 0.6) is 0 Å². The molecule has 0 aliphatic rings. The highest BCUT2D eigenvalue weighted by molar-refractivity contribution is 5.81. The smallest absolute Gasteiger partial charge is 0.123 e. The van der Waals surface area contributed by atoms with Crippen LogP contribution in [-0.2, 0) is 0 Å². The molecule has 0 fully saturated rings. The third-order valence-electron chi connectivity index (χ3n) is 3.46. The Labute approximate surface area is 116 Å². The predicted octanol–water partition coefficient (Wildman–Crippen LogP) is 4.27. The Morgan fingerprint density at radius 1 is 1.20 bits per heavy atom. The van der Waals surface area contributed by atoms with E-state index in [1.54, 1.807) is 6.20 Å². The highest BCUT2D eigenvalue weighted by Crippen LogP contribution is 2.24. The lowest BCUT2D eigenvalue weighted by atomic mass is 10.0. The van der Waals surface area contributed by atoms with E-state index >= 15 is 0 Å². The summed E-state index contributed by atoms with van der Waals surface area (Å²) in [4.78, 5) is 0. The van der Waals surface area contributed by atoms with Gasteiger partial charge in [0.2, 0.25) is 0 Å². The molecule has 0 aliphatic carbocycles. The van der Waals surface area contributed by atoms with Crippen LogP contribution in [0.1, 0.15) is 24.9 Å². The summed E-state index contributed by atoms with van der Waals surface area (Å²) in [5, 5.41) is 11.5. The normalized spacial score (nSPS) is 12.5. The third kappa shape index (κ3) is 2.50. The van der Waals surface area contributed by atoms with Gasteiger partial charge < -0.3 is 5.32 Å². The summed E-state index contributed by atoms with van der Waals surface area (Å²) in [5.74, 6) is -0.206. The van der Waals surface area contributed by atoms with Crippen LogP contribution in [0.25, 0.3) is 10.9 Å². The molecule has 0 radical (unpaired) electrons. The molecule has 1 unspecified atom stereocenters. The van der Waals surface area contributed by atoms with Gasteiger partial charge in [-0.25, -0.2) is 4.39 Å². The number of nitrogens with zero attached hydrogens (tertiary/aromatic N) is 1. The van der Waals surface area contributed by atoms with Gasteiger partial charge >= 0.3 is 0 Å². The van der Waals surface area contributed by atoms with Gasteiger partial charge in [0.05, 0.1) is 17.8 Å². The Hall–Kier alpha value is -2.36. The molecule has 1 heterocycles. The first-order valence-electron chi connectivity index (χ1n) is 6.71. The van der Waals surface area contributed by atoms with Crippen LogP contribution in [-0.4, -0.2) is 10.2 Å². The molecular formula is C16H16FN3.